The van der Waals surface area contributed by atoms with Crippen molar-refractivity contribution in [3.63, 3.8) is 0 Å². The zero-order valence-corrected chi connectivity index (χ0v) is 12.6. The third-order valence-electron chi connectivity index (χ3n) is 3.37. The number of hydrazone groups is 1. The maximum atomic E-state index is 11.9. The van der Waals surface area contributed by atoms with Crippen molar-refractivity contribution >= 4 is 21.5 Å². The van der Waals surface area contributed by atoms with Crippen molar-refractivity contribution in [2.24, 2.45) is 11.0 Å². The van der Waals surface area contributed by atoms with Gasteiger partial charge in [0.05, 0.1) is 23.1 Å². The van der Waals surface area contributed by atoms with Crippen molar-refractivity contribution in [1.29, 1.82) is 0 Å². The number of rotatable bonds is 3. The summed E-state index contributed by atoms with van der Waals surface area (Å²) in [5.74, 6) is 0.666. The number of hydrogen-bond acceptors (Lipinski definition) is 5. The van der Waals surface area contributed by atoms with Crippen LogP contribution in [-0.2, 0) is 14.6 Å². The summed E-state index contributed by atoms with van der Waals surface area (Å²) >= 11 is 0. The average molecular weight is 298 g/mol. The van der Waals surface area contributed by atoms with E-state index in [1.165, 1.54) is 0 Å². The second kappa shape index (κ2) is 5.40. The van der Waals surface area contributed by atoms with Crippen LogP contribution in [0.25, 0.3) is 0 Å². The fourth-order valence-corrected chi connectivity index (χ4v) is 4.02. The van der Waals surface area contributed by atoms with Crippen LogP contribution in [0.15, 0.2) is 15.6 Å². The van der Waals surface area contributed by atoms with Gasteiger partial charge in [0.2, 0.25) is 5.91 Å². The lowest BCUT2D eigenvalue weighted by Gasteiger charge is -2.06. The van der Waals surface area contributed by atoms with Gasteiger partial charge in [-0.1, -0.05) is 0 Å². The number of amides is 1. The number of nitrogens with one attached hydrogen (secondary N) is 1. The molecule has 6 nitrogen and oxygen atoms in total. The third kappa shape index (κ3) is 3.27. The van der Waals surface area contributed by atoms with E-state index in [1.54, 1.807) is 6.92 Å². The van der Waals surface area contributed by atoms with E-state index in [4.69, 9.17) is 4.42 Å². The lowest BCUT2D eigenvalue weighted by atomic mass is 10.1. The van der Waals surface area contributed by atoms with Crippen LogP contribution >= 0.6 is 0 Å². The Labute approximate surface area is 118 Å². The number of carbonyl (C=O) groups excluding carboxylic acids is 1. The molecule has 0 spiro atoms. The normalized spacial score (nSPS) is 21.9. The molecule has 1 fully saturated rings. The standard InChI is InChI=1S/C13H18N2O4S/c1-8-6-12(10(3)19-8)9(2)14-15-13(16)11-4-5-20(17,18)7-11/h6,11H,4-5,7H2,1-3H3,(H,15,16)/b14-9+. The summed E-state index contributed by atoms with van der Waals surface area (Å²) in [6.07, 6.45) is 0.368. The molecule has 1 amide bonds. The van der Waals surface area contributed by atoms with Gasteiger partial charge in [0.25, 0.3) is 0 Å². The summed E-state index contributed by atoms with van der Waals surface area (Å²) < 4.78 is 28.0. The van der Waals surface area contributed by atoms with Crippen LogP contribution in [0, 0.1) is 19.8 Å². The van der Waals surface area contributed by atoms with Crippen LogP contribution in [0.4, 0.5) is 0 Å². The van der Waals surface area contributed by atoms with Crippen molar-refractivity contribution in [3.8, 4) is 0 Å². The Morgan fingerprint density at radius 1 is 1.45 bits per heavy atom. The first-order chi connectivity index (χ1) is 9.28. The highest BCUT2D eigenvalue weighted by Gasteiger charge is 2.32. The molecule has 0 aliphatic carbocycles. The highest BCUT2D eigenvalue weighted by atomic mass is 32.2. The van der Waals surface area contributed by atoms with Crippen molar-refractivity contribution in [1.82, 2.24) is 5.43 Å². The van der Waals surface area contributed by atoms with Gasteiger partial charge in [-0.25, -0.2) is 13.8 Å². The number of nitrogens with zero attached hydrogens (tertiary/aromatic N) is 1. The quantitative estimate of drug-likeness (QED) is 0.670. The monoisotopic (exact) mass is 298 g/mol. The number of aryl methyl sites for hydroxylation is 2. The van der Waals surface area contributed by atoms with Crippen molar-refractivity contribution in [3.05, 3.63) is 23.2 Å². The van der Waals surface area contributed by atoms with E-state index in [0.29, 0.717) is 12.1 Å². The van der Waals surface area contributed by atoms with Gasteiger partial charge in [0, 0.05) is 5.56 Å². The maximum Gasteiger partial charge on any atom is 0.244 e. The number of hydrogen-bond donors (Lipinski definition) is 1. The second-order valence-corrected chi connectivity index (χ2v) is 7.33. The van der Waals surface area contributed by atoms with Gasteiger partial charge >= 0.3 is 0 Å². The Balaban J connectivity index is 2.02. The molecule has 1 aliphatic rings. The largest absolute Gasteiger partial charge is 0.466 e. The molecule has 7 heteroatoms. The molecule has 2 heterocycles. The van der Waals surface area contributed by atoms with E-state index in [-0.39, 0.29) is 17.4 Å². The van der Waals surface area contributed by atoms with Gasteiger partial charge in [-0.05, 0) is 33.3 Å². The molecule has 20 heavy (non-hydrogen) atoms. The summed E-state index contributed by atoms with van der Waals surface area (Å²) in [7, 11) is -3.06. The minimum atomic E-state index is -3.06. The van der Waals surface area contributed by atoms with E-state index < -0.39 is 15.8 Å². The molecule has 1 atom stereocenters. The fourth-order valence-electron chi connectivity index (χ4n) is 2.28. The van der Waals surface area contributed by atoms with E-state index >= 15 is 0 Å². The molecule has 1 unspecified atom stereocenters. The highest BCUT2D eigenvalue weighted by molar-refractivity contribution is 7.91. The topological polar surface area (TPSA) is 88.7 Å². The van der Waals surface area contributed by atoms with Crippen molar-refractivity contribution in [2.75, 3.05) is 11.5 Å². The summed E-state index contributed by atoms with van der Waals surface area (Å²) in [4.78, 5) is 11.9. The minimum Gasteiger partial charge on any atom is -0.466 e. The van der Waals surface area contributed by atoms with E-state index in [9.17, 15) is 13.2 Å². The molecular formula is C13H18N2O4S. The molecule has 0 bridgehead atoms. The van der Waals surface area contributed by atoms with Gasteiger partial charge in [0.1, 0.15) is 11.5 Å². The summed E-state index contributed by atoms with van der Waals surface area (Å²) in [6, 6.07) is 1.85. The van der Waals surface area contributed by atoms with Crippen LogP contribution in [0.1, 0.15) is 30.4 Å². The molecule has 1 aromatic rings. The maximum absolute atomic E-state index is 11.9. The number of carbonyl (C=O) groups is 1. The molecule has 1 aromatic heterocycles. The predicted octanol–water partition coefficient (Wildman–Crippen LogP) is 1.17. The number of furan rings is 1. The predicted molar refractivity (Wildman–Crippen MR) is 75.3 cm³/mol. The van der Waals surface area contributed by atoms with Gasteiger partial charge in [0.15, 0.2) is 9.84 Å². The molecule has 0 radical (unpaired) electrons. The van der Waals surface area contributed by atoms with E-state index in [2.05, 4.69) is 10.5 Å². The minimum absolute atomic E-state index is 0.0772. The van der Waals surface area contributed by atoms with E-state index in [1.807, 2.05) is 19.9 Å². The second-order valence-electron chi connectivity index (χ2n) is 5.10. The van der Waals surface area contributed by atoms with Gasteiger partial charge < -0.3 is 4.42 Å². The first-order valence-corrected chi connectivity index (χ1v) is 8.22. The zero-order valence-electron chi connectivity index (χ0n) is 11.8. The van der Waals surface area contributed by atoms with Crippen molar-refractivity contribution < 1.29 is 17.6 Å². The van der Waals surface area contributed by atoms with Gasteiger partial charge in [-0.15, -0.1) is 0 Å². The zero-order chi connectivity index (χ0) is 14.9. The Bertz CT molecular complexity index is 658. The Hall–Kier alpha value is -1.63. The Morgan fingerprint density at radius 3 is 2.65 bits per heavy atom. The van der Waals surface area contributed by atoms with Crippen LogP contribution < -0.4 is 5.43 Å². The third-order valence-corrected chi connectivity index (χ3v) is 5.14. The first-order valence-electron chi connectivity index (χ1n) is 6.40. The molecule has 0 aromatic carbocycles. The summed E-state index contributed by atoms with van der Waals surface area (Å²) in [6.45, 7) is 5.43. The summed E-state index contributed by atoms with van der Waals surface area (Å²) in [5.41, 5.74) is 3.91. The van der Waals surface area contributed by atoms with Crippen LogP contribution in [0.3, 0.4) is 0 Å². The number of sulfone groups is 1. The average Bonchev–Trinajstić information content (AvgIpc) is 2.88. The van der Waals surface area contributed by atoms with Crippen LogP contribution in [0.2, 0.25) is 0 Å². The highest BCUT2D eigenvalue weighted by Crippen LogP contribution is 2.18. The van der Waals surface area contributed by atoms with Crippen molar-refractivity contribution in [2.45, 2.75) is 27.2 Å². The molecule has 1 aliphatic heterocycles. The molecule has 1 N–H and O–H groups in total. The smallest absolute Gasteiger partial charge is 0.244 e. The van der Waals surface area contributed by atoms with Crippen LogP contribution in [0.5, 0.6) is 0 Å². The molecule has 0 saturated carbocycles. The lowest BCUT2D eigenvalue weighted by Crippen LogP contribution is -2.28. The van der Waals surface area contributed by atoms with E-state index in [0.717, 1.165) is 17.1 Å². The molecule has 110 valence electrons. The SMILES string of the molecule is C/C(=N\NC(=O)C1CCS(=O)(=O)C1)c1cc(C)oc1C. The summed E-state index contributed by atoms with van der Waals surface area (Å²) in [5, 5.41) is 4.02. The molecule has 2 rings (SSSR count). The fraction of sp³-hybridized carbons (Fsp3) is 0.538. The van der Waals surface area contributed by atoms with Crippen LogP contribution in [-0.4, -0.2) is 31.5 Å². The Morgan fingerprint density at radius 2 is 2.15 bits per heavy atom. The molecule has 1 saturated heterocycles. The van der Waals surface area contributed by atoms with Gasteiger partial charge in [-0.3, -0.25) is 4.79 Å². The molecular weight excluding hydrogens is 280 g/mol. The van der Waals surface area contributed by atoms with Gasteiger partial charge in [-0.2, -0.15) is 5.10 Å². The Kier molecular flexibility index (Phi) is 3.99. The lowest BCUT2D eigenvalue weighted by molar-refractivity contribution is -0.124. The first kappa shape index (κ1) is 14.8.